The molecule has 1 saturated heterocycles. The van der Waals surface area contributed by atoms with Crippen LogP contribution >= 0.6 is 0 Å². The van der Waals surface area contributed by atoms with Crippen molar-refractivity contribution in [3.8, 4) is 0 Å². The lowest BCUT2D eigenvalue weighted by Crippen LogP contribution is -2.66. The molecular weight excluding hydrogens is 620 g/mol. The largest absolute Gasteiger partial charge is 0.464 e. The van der Waals surface area contributed by atoms with E-state index in [-0.39, 0.29) is 33.5 Å². The van der Waals surface area contributed by atoms with Crippen molar-refractivity contribution in [2.75, 3.05) is 39.3 Å². The molecule has 282 valence electrons. The monoisotopic (exact) mass is 693 g/mol. The van der Waals surface area contributed by atoms with E-state index in [0.29, 0.717) is 47.9 Å². The smallest absolute Gasteiger partial charge is 0.312 e. The third-order valence-electron chi connectivity index (χ3n) is 17.3. The molecule has 50 heavy (non-hydrogen) atoms. The van der Waals surface area contributed by atoms with E-state index in [1.54, 1.807) is 0 Å². The van der Waals surface area contributed by atoms with Gasteiger partial charge in [-0.25, -0.2) is 0 Å². The van der Waals surface area contributed by atoms with Gasteiger partial charge in [-0.05, 0) is 123 Å². The maximum atomic E-state index is 14.5. The highest BCUT2D eigenvalue weighted by atomic mass is 16.5. The third-order valence-corrected chi connectivity index (χ3v) is 17.3. The van der Waals surface area contributed by atoms with Crippen LogP contribution in [0.25, 0.3) is 0 Å². The first-order valence-corrected chi connectivity index (χ1v) is 21.0. The summed E-state index contributed by atoms with van der Waals surface area (Å²) >= 11 is 0. The van der Waals surface area contributed by atoms with Crippen molar-refractivity contribution in [3.63, 3.8) is 0 Å². The molecule has 0 aromatic heterocycles. The van der Waals surface area contributed by atoms with Crippen molar-refractivity contribution in [2.24, 2.45) is 62.6 Å². The SMILES string of the molecule is C=C(C)[C@@H]1CC[C@]2(C(=O)OCCN3CCN(C(=O)C(CC)CCCC)CC3)CC[C@]3(C)[C@H](CC[C@@H]4[C@@]5(C)CCC(=O)C(C)(C)[C@@H]5CC[C@]43C)[C@@H]12. The van der Waals surface area contributed by atoms with Gasteiger partial charge in [0.25, 0.3) is 0 Å². The Balaban J connectivity index is 1.13. The van der Waals surface area contributed by atoms with Gasteiger partial charge in [-0.3, -0.25) is 19.3 Å². The highest BCUT2D eigenvalue weighted by Gasteiger charge is 2.72. The number of amides is 1. The van der Waals surface area contributed by atoms with Crippen LogP contribution in [0, 0.1) is 62.6 Å². The van der Waals surface area contributed by atoms with E-state index in [4.69, 9.17) is 4.74 Å². The van der Waals surface area contributed by atoms with Crippen molar-refractivity contribution in [1.29, 1.82) is 0 Å². The number of unbranched alkanes of at least 4 members (excludes halogenated alkanes) is 1. The summed E-state index contributed by atoms with van der Waals surface area (Å²) < 4.78 is 6.33. The standard InChI is InChI=1S/C44H72N2O4/c1-10-12-13-31(11-2)38(48)46-26-24-45(25-27-46)28-29-50-39(49)44-21-16-32(30(3)4)37(44)33-14-15-35-41(7)19-18-36(47)40(5,6)34(41)17-20-43(35,9)42(33,8)22-23-44/h31-35,37H,3,10-29H2,1-2,4-9H3/t31?,32-,33+,34-,35+,37+,41-,42+,43+,44-/m0/s1. The molecule has 6 heteroatoms. The highest BCUT2D eigenvalue weighted by molar-refractivity contribution is 5.85. The molecule has 5 saturated carbocycles. The number of carbonyl (C=O) groups is 3. The molecule has 6 aliphatic rings. The van der Waals surface area contributed by atoms with Gasteiger partial charge in [-0.1, -0.05) is 73.5 Å². The molecule has 0 N–H and O–H groups in total. The van der Waals surface area contributed by atoms with Gasteiger partial charge >= 0.3 is 5.97 Å². The number of ether oxygens (including phenoxy) is 1. The van der Waals surface area contributed by atoms with Crippen LogP contribution in [-0.2, 0) is 19.1 Å². The molecule has 6 fully saturated rings. The van der Waals surface area contributed by atoms with Crippen LogP contribution in [0.1, 0.15) is 145 Å². The molecule has 1 unspecified atom stereocenters. The van der Waals surface area contributed by atoms with E-state index in [0.717, 1.165) is 103 Å². The summed E-state index contributed by atoms with van der Waals surface area (Å²) in [5, 5.41) is 0. The molecule has 0 aromatic carbocycles. The second-order valence-electron chi connectivity index (χ2n) is 19.5. The van der Waals surface area contributed by atoms with Gasteiger partial charge in [0.15, 0.2) is 0 Å². The van der Waals surface area contributed by atoms with Gasteiger partial charge < -0.3 is 9.64 Å². The zero-order chi connectivity index (χ0) is 36.3. The molecule has 0 aromatic rings. The number of carbonyl (C=O) groups excluding carboxylic acids is 3. The minimum Gasteiger partial charge on any atom is -0.464 e. The molecule has 1 heterocycles. The Bertz CT molecular complexity index is 1320. The number of fused-ring (bicyclic) bond motifs is 7. The van der Waals surface area contributed by atoms with E-state index >= 15 is 0 Å². The molecule has 1 aliphatic heterocycles. The van der Waals surface area contributed by atoms with Crippen LogP contribution in [0.2, 0.25) is 0 Å². The number of allylic oxidation sites excluding steroid dienone is 1. The molecule has 6 rings (SSSR count). The fourth-order valence-corrected chi connectivity index (χ4v) is 14.1. The van der Waals surface area contributed by atoms with Crippen LogP contribution in [0.15, 0.2) is 12.2 Å². The highest BCUT2D eigenvalue weighted by Crippen LogP contribution is 2.77. The summed E-state index contributed by atoms with van der Waals surface area (Å²) in [7, 11) is 0. The van der Waals surface area contributed by atoms with Gasteiger partial charge in [0.1, 0.15) is 12.4 Å². The summed E-state index contributed by atoms with van der Waals surface area (Å²) in [4.78, 5) is 45.2. The van der Waals surface area contributed by atoms with Crippen LogP contribution in [-0.4, -0.2) is 66.8 Å². The Morgan fingerprint density at radius 2 is 1.60 bits per heavy atom. The average molecular weight is 693 g/mol. The summed E-state index contributed by atoms with van der Waals surface area (Å²) in [5.74, 6) is 3.26. The van der Waals surface area contributed by atoms with Crippen molar-refractivity contribution >= 4 is 17.7 Å². The second-order valence-corrected chi connectivity index (χ2v) is 19.5. The van der Waals surface area contributed by atoms with Crippen molar-refractivity contribution < 1.29 is 19.1 Å². The zero-order valence-electron chi connectivity index (χ0n) is 33.3. The Labute approximate surface area is 305 Å². The first-order valence-electron chi connectivity index (χ1n) is 21.0. The maximum absolute atomic E-state index is 14.5. The van der Waals surface area contributed by atoms with E-state index in [1.807, 2.05) is 0 Å². The second kappa shape index (κ2) is 13.9. The number of rotatable bonds is 10. The van der Waals surface area contributed by atoms with Gasteiger partial charge in [0, 0.05) is 50.5 Å². The van der Waals surface area contributed by atoms with Gasteiger partial charge in [0.05, 0.1) is 5.41 Å². The summed E-state index contributed by atoms with van der Waals surface area (Å²) in [5.41, 5.74) is 1.17. The molecule has 0 radical (unpaired) electrons. The molecule has 10 atom stereocenters. The number of piperazine rings is 1. The zero-order valence-corrected chi connectivity index (χ0v) is 33.3. The molecule has 0 bridgehead atoms. The van der Waals surface area contributed by atoms with Gasteiger partial charge in [0.2, 0.25) is 5.91 Å². The number of hydrogen-bond acceptors (Lipinski definition) is 5. The van der Waals surface area contributed by atoms with Crippen LogP contribution in [0.3, 0.4) is 0 Å². The normalized spacial score (nSPS) is 41.7. The topological polar surface area (TPSA) is 66.9 Å². The number of Topliss-reactive ketones (excluding diaryl/α,β-unsaturated/α-hetero) is 1. The molecule has 0 spiro atoms. The number of nitrogens with zero attached hydrogens (tertiary/aromatic N) is 2. The first kappa shape index (κ1) is 38.0. The number of ketones is 1. The minimum absolute atomic E-state index is 0.0549. The average Bonchev–Trinajstić information content (AvgIpc) is 3.49. The Hall–Kier alpha value is -1.69. The lowest BCUT2D eigenvalue weighted by molar-refractivity contribution is -0.236. The van der Waals surface area contributed by atoms with Crippen molar-refractivity contribution in [3.05, 3.63) is 12.2 Å². The van der Waals surface area contributed by atoms with Crippen molar-refractivity contribution in [1.82, 2.24) is 9.80 Å². The van der Waals surface area contributed by atoms with E-state index in [1.165, 1.54) is 24.8 Å². The number of esters is 1. The fourth-order valence-electron chi connectivity index (χ4n) is 14.1. The molecule has 5 aliphatic carbocycles. The lowest BCUT2D eigenvalue weighted by atomic mass is 9.32. The third kappa shape index (κ3) is 5.87. The van der Waals surface area contributed by atoms with Gasteiger partial charge in [-0.2, -0.15) is 0 Å². The maximum Gasteiger partial charge on any atom is 0.312 e. The van der Waals surface area contributed by atoms with E-state index in [2.05, 4.69) is 71.8 Å². The molecular formula is C44H72N2O4. The first-order chi connectivity index (χ1) is 23.6. The molecule has 1 amide bonds. The predicted octanol–water partition coefficient (Wildman–Crippen LogP) is 9.12. The number of hydrogen-bond donors (Lipinski definition) is 0. The summed E-state index contributed by atoms with van der Waals surface area (Å²) in [6.07, 6.45) is 14.7. The van der Waals surface area contributed by atoms with Crippen LogP contribution in [0.5, 0.6) is 0 Å². The van der Waals surface area contributed by atoms with Crippen LogP contribution in [0.4, 0.5) is 0 Å². The Kier molecular flexibility index (Phi) is 10.6. The Morgan fingerprint density at radius 1 is 0.880 bits per heavy atom. The lowest BCUT2D eigenvalue weighted by Gasteiger charge is -2.72. The van der Waals surface area contributed by atoms with Crippen molar-refractivity contribution in [2.45, 2.75) is 145 Å². The quantitative estimate of drug-likeness (QED) is 0.169. The predicted molar refractivity (Wildman–Crippen MR) is 201 cm³/mol. The van der Waals surface area contributed by atoms with Crippen LogP contribution < -0.4 is 0 Å². The Morgan fingerprint density at radius 3 is 2.26 bits per heavy atom. The molecule has 6 nitrogen and oxygen atoms in total. The minimum atomic E-state index is -0.407. The summed E-state index contributed by atoms with van der Waals surface area (Å²) in [6, 6.07) is 0. The van der Waals surface area contributed by atoms with E-state index < -0.39 is 5.41 Å². The fraction of sp³-hybridized carbons (Fsp3) is 0.886. The summed E-state index contributed by atoms with van der Waals surface area (Å²) in [6.45, 7) is 27.8. The van der Waals surface area contributed by atoms with E-state index in [9.17, 15) is 14.4 Å². The van der Waals surface area contributed by atoms with Gasteiger partial charge in [-0.15, -0.1) is 0 Å².